The molecule has 0 unspecified atom stereocenters. The summed E-state index contributed by atoms with van der Waals surface area (Å²) in [6, 6.07) is 10.4. The number of benzene rings is 1. The Morgan fingerprint density at radius 1 is 1.19 bits per heavy atom. The van der Waals surface area contributed by atoms with E-state index in [0.29, 0.717) is 0 Å². The molecule has 0 spiro atoms. The molecule has 2 heteroatoms. The van der Waals surface area contributed by atoms with Crippen LogP contribution in [0.4, 0.5) is 0 Å². The van der Waals surface area contributed by atoms with E-state index in [-0.39, 0.29) is 0 Å². The first kappa shape index (κ1) is 11.0. The Morgan fingerprint density at radius 2 is 2.06 bits per heavy atom. The van der Waals surface area contributed by atoms with E-state index in [9.17, 15) is 0 Å². The van der Waals surface area contributed by atoms with Crippen LogP contribution in [0.3, 0.4) is 0 Å². The molecule has 1 aromatic carbocycles. The quantitative estimate of drug-likeness (QED) is 0.766. The van der Waals surface area contributed by atoms with E-state index in [1.54, 1.807) is 18.4 Å². The highest BCUT2D eigenvalue weighted by Gasteiger charge is 1.95. The molecule has 0 fully saturated rings. The van der Waals surface area contributed by atoms with Crippen LogP contribution in [0.5, 0.6) is 5.75 Å². The lowest BCUT2D eigenvalue weighted by molar-refractivity contribution is 0.414. The first-order valence-electron chi connectivity index (χ1n) is 5.15. The van der Waals surface area contributed by atoms with Crippen LogP contribution in [0.25, 0.3) is 12.2 Å². The van der Waals surface area contributed by atoms with Gasteiger partial charge in [-0.15, -0.1) is 11.3 Å². The summed E-state index contributed by atoms with van der Waals surface area (Å²) in [5, 5.41) is 2.08. The number of hydrogen-bond donors (Lipinski definition) is 0. The van der Waals surface area contributed by atoms with Gasteiger partial charge >= 0.3 is 0 Å². The highest BCUT2D eigenvalue weighted by molar-refractivity contribution is 7.10. The van der Waals surface area contributed by atoms with Gasteiger partial charge in [0.25, 0.3) is 0 Å². The summed E-state index contributed by atoms with van der Waals surface area (Å²) in [4.78, 5) is 1.26. The van der Waals surface area contributed by atoms with Crippen LogP contribution in [0.15, 0.2) is 35.7 Å². The van der Waals surface area contributed by atoms with Crippen LogP contribution in [-0.4, -0.2) is 7.11 Å². The first-order chi connectivity index (χ1) is 7.78. The van der Waals surface area contributed by atoms with Gasteiger partial charge in [-0.1, -0.05) is 18.2 Å². The number of methoxy groups -OCH3 is 1. The maximum absolute atomic E-state index is 5.24. The number of aryl methyl sites for hydroxylation is 1. The lowest BCUT2D eigenvalue weighted by Gasteiger charge is -2.03. The van der Waals surface area contributed by atoms with Gasteiger partial charge in [0.1, 0.15) is 5.75 Å². The number of hydrogen-bond acceptors (Lipinski definition) is 2. The molecule has 82 valence electrons. The fraction of sp³-hybridized carbons (Fsp3) is 0.143. The molecule has 0 aliphatic heterocycles. The second kappa shape index (κ2) is 4.99. The monoisotopic (exact) mass is 230 g/mol. The molecule has 2 aromatic rings. The van der Waals surface area contributed by atoms with E-state index >= 15 is 0 Å². The predicted molar refractivity (Wildman–Crippen MR) is 71.0 cm³/mol. The molecule has 0 aliphatic rings. The lowest BCUT2D eigenvalue weighted by atomic mass is 10.1. The van der Waals surface area contributed by atoms with Crippen LogP contribution >= 0.6 is 11.3 Å². The zero-order valence-corrected chi connectivity index (χ0v) is 10.3. The Hall–Kier alpha value is -1.54. The Balaban J connectivity index is 2.24. The first-order valence-corrected chi connectivity index (χ1v) is 6.03. The zero-order chi connectivity index (χ0) is 11.4. The molecule has 16 heavy (non-hydrogen) atoms. The zero-order valence-electron chi connectivity index (χ0n) is 9.44. The van der Waals surface area contributed by atoms with Crippen LogP contribution in [-0.2, 0) is 0 Å². The van der Waals surface area contributed by atoms with Gasteiger partial charge in [0.15, 0.2) is 0 Å². The largest absolute Gasteiger partial charge is 0.497 e. The van der Waals surface area contributed by atoms with Crippen LogP contribution in [0, 0.1) is 6.92 Å². The standard InChI is InChI=1S/C14H14OS/c1-11-8-12(10-13(9-11)15-2)5-6-14-4-3-7-16-14/h3-10H,1-2H3/b6-5+. The summed E-state index contributed by atoms with van der Waals surface area (Å²) in [5.41, 5.74) is 2.38. The fourth-order valence-electron chi connectivity index (χ4n) is 1.56. The molecule has 0 amide bonds. The minimum absolute atomic E-state index is 0.908. The third kappa shape index (κ3) is 2.74. The van der Waals surface area contributed by atoms with Crippen molar-refractivity contribution in [3.05, 3.63) is 51.7 Å². The summed E-state index contributed by atoms with van der Waals surface area (Å²) >= 11 is 1.74. The van der Waals surface area contributed by atoms with Crippen LogP contribution < -0.4 is 4.74 Å². The van der Waals surface area contributed by atoms with Crippen molar-refractivity contribution in [3.63, 3.8) is 0 Å². The van der Waals surface area contributed by atoms with Crippen molar-refractivity contribution < 1.29 is 4.74 Å². The summed E-state index contributed by atoms with van der Waals surface area (Å²) in [5.74, 6) is 0.908. The average Bonchev–Trinajstić information content (AvgIpc) is 2.78. The second-order valence-corrected chi connectivity index (χ2v) is 4.61. The summed E-state index contributed by atoms with van der Waals surface area (Å²) in [6.07, 6.45) is 4.24. The van der Waals surface area contributed by atoms with Gasteiger partial charge in [0.2, 0.25) is 0 Å². The molecule has 1 aromatic heterocycles. The molecular formula is C14H14OS. The number of ether oxygens (including phenoxy) is 1. The van der Waals surface area contributed by atoms with Crippen LogP contribution in [0.2, 0.25) is 0 Å². The van der Waals surface area contributed by atoms with E-state index in [1.807, 2.05) is 12.1 Å². The van der Waals surface area contributed by atoms with Crippen molar-refractivity contribution in [1.82, 2.24) is 0 Å². The third-order valence-electron chi connectivity index (χ3n) is 2.29. The Kier molecular flexibility index (Phi) is 3.42. The molecule has 1 heterocycles. The number of thiophene rings is 1. The van der Waals surface area contributed by atoms with Crippen molar-refractivity contribution in [2.75, 3.05) is 7.11 Å². The normalized spacial score (nSPS) is 10.9. The van der Waals surface area contributed by atoms with Gasteiger partial charge in [-0.3, -0.25) is 0 Å². The smallest absolute Gasteiger partial charge is 0.119 e. The molecular weight excluding hydrogens is 216 g/mol. The molecule has 0 aliphatic carbocycles. The van der Waals surface area contributed by atoms with Crippen LogP contribution in [0.1, 0.15) is 16.0 Å². The minimum atomic E-state index is 0.908. The molecule has 2 rings (SSSR count). The van der Waals surface area contributed by atoms with Crippen molar-refractivity contribution in [2.45, 2.75) is 6.92 Å². The Morgan fingerprint density at radius 3 is 2.75 bits per heavy atom. The Bertz CT molecular complexity index is 483. The summed E-state index contributed by atoms with van der Waals surface area (Å²) < 4.78 is 5.24. The summed E-state index contributed by atoms with van der Waals surface area (Å²) in [7, 11) is 1.70. The minimum Gasteiger partial charge on any atom is -0.497 e. The third-order valence-corrected chi connectivity index (χ3v) is 3.13. The molecule has 0 radical (unpaired) electrons. The maximum atomic E-state index is 5.24. The van der Waals surface area contributed by atoms with E-state index in [1.165, 1.54) is 16.0 Å². The van der Waals surface area contributed by atoms with E-state index < -0.39 is 0 Å². The maximum Gasteiger partial charge on any atom is 0.119 e. The predicted octanol–water partition coefficient (Wildman–Crippen LogP) is 4.24. The highest BCUT2D eigenvalue weighted by atomic mass is 32.1. The van der Waals surface area contributed by atoms with Crippen molar-refractivity contribution in [3.8, 4) is 5.75 Å². The molecule has 1 nitrogen and oxygen atoms in total. The van der Waals surface area contributed by atoms with E-state index in [4.69, 9.17) is 4.74 Å². The second-order valence-electron chi connectivity index (χ2n) is 3.63. The van der Waals surface area contributed by atoms with Gasteiger partial charge in [-0.05, 0) is 47.7 Å². The number of rotatable bonds is 3. The van der Waals surface area contributed by atoms with Gasteiger partial charge in [0.05, 0.1) is 7.11 Å². The van der Waals surface area contributed by atoms with Gasteiger partial charge in [-0.2, -0.15) is 0 Å². The summed E-state index contributed by atoms with van der Waals surface area (Å²) in [6.45, 7) is 2.07. The fourth-order valence-corrected chi connectivity index (χ4v) is 2.17. The molecule has 0 bridgehead atoms. The van der Waals surface area contributed by atoms with E-state index in [0.717, 1.165) is 5.75 Å². The molecule has 0 saturated heterocycles. The van der Waals surface area contributed by atoms with Crippen molar-refractivity contribution >= 4 is 23.5 Å². The van der Waals surface area contributed by atoms with Gasteiger partial charge < -0.3 is 4.74 Å². The van der Waals surface area contributed by atoms with E-state index in [2.05, 4.69) is 42.7 Å². The topological polar surface area (TPSA) is 9.23 Å². The van der Waals surface area contributed by atoms with Gasteiger partial charge in [0, 0.05) is 4.88 Å². The lowest BCUT2D eigenvalue weighted by Crippen LogP contribution is -1.85. The average molecular weight is 230 g/mol. The molecule has 0 atom stereocenters. The molecule has 0 N–H and O–H groups in total. The van der Waals surface area contributed by atoms with Crippen molar-refractivity contribution in [2.24, 2.45) is 0 Å². The Labute approximate surface area is 100 Å². The SMILES string of the molecule is COc1cc(C)cc(/C=C/c2cccs2)c1. The van der Waals surface area contributed by atoms with Crippen molar-refractivity contribution in [1.29, 1.82) is 0 Å². The highest BCUT2D eigenvalue weighted by Crippen LogP contribution is 2.19. The molecule has 0 saturated carbocycles. The van der Waals surface area contributed by atoms with Gasteiger partial charge in [-0.25, -0.2) is 0 Å².